The molecule has 4 aromatic rings. The number of anilines is 1. The summed E-state index contributed by atoms with van der Waals surface area (Å²) >= 11 is 0. The molecule has 1 aliphatic heterocycles. The minimum absolute atomic E-state index is 0.0445. The fraction of sp³-hybridized carbons (Fsp3) is 0.286. The molecule has 0 radical (unpaired) electrons. The Morgan fingerprint density at radius 2 is 1.89 bits per heavy atom. The SMILES string of the molecule is Cn1ccc(C(=O)Nc2ccccc2C(=O)N2CCC[C@@H](Cc3cccc4ncccc34)CC2)n1. The normalized spacial score (nSPS) is 16.1. The summed E-state index contributed by atoms with van der Waals surface area (Å²) in [6, 6.07) is 19.3. The molecule has 5 rings (SSSR count). The maximum Gasteiger partial charge on any atom is 0.276 e. The molecule has 1 aliphatic rings. The lowest BCUT2D eigenvalue weighted by Crippen LogP contribution is -2.33. The first-order valence-corrected chi connectivity index (χ1v) is 12.1. The van der Waals surface area contributed by atoms with Gasteiger partial charge in [0.25, 0.3) is 11.8 Å². The summed E-state index contributed by atoms with van der Waals surface area (Å²) in [6.07, 6.45) is 7.53. The number of amides is 2. The van der Waals surface area contributed by atoms with Crippen molar-refractivity contribution in [3.05, 3.63) is 89.9 Å². The zero-order valence-electron chi connectivity index (χ0n) is 19.9. The van der Waals surface area contributed by atoms with Gasteiger partial charge in [0.2, 0.25) is 0 Å². The van der Waals surface area contributed by atoms with E-state index in [9.17, 15) is 9.59 Å². The van der Waals surface area contributed by atoms with Crippen LogP contribution in [-0.2, 0) is 13.5 Å². The molecule has 178 valence electrons. The summed E-state index contributed by atoms with van der Waals surface area (Å²) in [7, 11) is 1.76. The van der Waals surface area contributed by atoms with E-state index in [1.165, 1.54) is 10.9 Å². The number of likely N-dealkylation sites (tertiary alicyclic amines) is 1. The first-order valence-electron chi connectivity index (χ1n) is 12.1. The number of carbonyl (C=O) groups is 2. The third kappa shape index (κ3) is 5.09. The highest BCUT2D eigenvalue weighted by Gasteiger charge is 2.24. The Bertz CT molecular complexity index is 1360. The lowest BCUT2D eigenvalue weighted by molar-refractivity contribution is 0.0761. The van der Waals surface area contributed by atoms with Crippen LogP contribution in [0.5, 0.6) is 0 Å². The number of hydrogen-bond donors (Lipinski definition) is 1. The molecule has 0 bridgehead atoms. The first kappa shape index (κ1) is 22.8. The lowest BCUT2D eigenvalue weighted by atomic mass is 9.91. The molecule has 0 saturated carbocycles. The molecule has 2 aromatic heterocycles. The highest BCUT2D eigenvalue weighted by molar-refractivity contribution is 6.08. The number of aromatic nitrogens is 3. The van der Waals surface area contributed by atoms with Gasteiger partial charge in [-0.2, -0.15) is 5.10 Å². The summed E-state index contributed by atoms with van der Waals surface area (Å²) in [4.78, 5) is 32.5. The number of pyridine rings is 1. The van der Waals surface area contributed by atoms with Crippen LogP contribution in [0.4, 0.5) is 5.69 Å². The minimum Gasteiger partial charge on any atom is -0.339 e. The Morgan fingerprint density at radius 3 is 2.74 bits per heavy atom. The van der Waals surface area contributed by atoms with Crippen molar-refractivity contribution in [3.8, 4) is 0 Å². The molecule has 7 heteroatoms. The van der Waals surface area contributed by atoms with Crippen molar-refractivity contribution in [1.82, 2.24) is 19.7 Å². The molecular formula is C28H29N5O2. The van der Waals surface area contributed by atoms with E-state index >= 15 is 0 Å². The summed E-state index contributed by atoms with van der Waals surface area (Å²) in [5.74, 6) is 0.140. The zero-order valence-corrected chi connectivity index (χ0v) is 19.9. The fourth-order valence-electron chi connectivity index (χ4n) is 4.90. The molecule has 7 nitrogen and oxygen atoms in total. The van der Waals surface area contributed by atoms with Gasteiger partial charge in [0.05, 0.1) is 16.8 Å². The van der Waals surface area contributed by atoms with E-state index in [-0.39, 0.29) is 11.8 Å². The number of benzene rings is 2. The summed E-state index contributed by atoms with van der Waals surface area (Å²) in [5.41, 5.74) is 3.69. The molecule has 0 spiro atoms. The van der Waals surface area contributed by atoms with Gasteiger partial charge in [0.15, 0.2) is 5.69 Å². The van der Waals surface area contributed by atoms with Crippen LogP contribution in [0, 0.1) is 5.92 Å². The molecule has 3 heterocycles. The van der Waals surface area contributed by atoms with Gasteiger partial charge in [0.1, 0.15) is 0 Å². The van der Waals surface area contributed by atoms with Crippen molar-refractivity contribution in [2.45, 2.75) is 25.7 Å². The molecule has 0 aliphatic carbocycles. The number of nitrogens with one attached hydrogen (secondary N) is 1. The van der Waals surface area contributed by atoms with Crippen molar-refractivity contribution in [1.29, 1.82) is 0 Å². The van der Waals surface area contributed by atoms with Crippen LogP contribution in [0.2, 0.25) is 0 Å². The van der Waals surface area contributed by atoms with Crippen LogP contribution in [0.3, 0.4) is 0 Å². The number of fused-ring (bicyclic) bond motifs is 1. The van der Waals surface area contributed by atoms with Gasteiger partial charge in [-0.3, -0.25) is 19.3 Å². The largest absolute Gasteiger partial charge is 0.339 e. The third-order valence-corrected chi connectivity index (χ3v) is 6.73. The highest BCUT2D eigenvalue weighted by Crippen LogP contribution is 2.27. The van der Waals surface area contributed by atoms with Crippen LogP contribution in [0.15, 0.2) is 73.1 Å². The summed E-state index contributed by atoms with van der Waals surface area (Å²) in [6.45, 7) is 1.42. The summed E-state index contributed by atoms with van der Waals surface area (Å²) < 4.78 is 1.58. The second-order valence-electron chi connectivity index (χ2n) is 9.15. The quantitative estimate of drug-likeness (QED) is 0.461. The molecule has 1 saturated heterocycles. The zero-order chi connectivity index (χ0) is 24.2. The predicted octanol–water partition coefficient (Wildman–Crippen LogP) is 4.71. The molecule has 2 aromatic carbocycles. The van der Waals surface area contributed by atoms with Gasteiger partial charge in [-0.25, -0.2) is 0 Å². The van der Waals surface area contributed by atoms with Gasteiger partial charge in [-0.05, 0) is 67.5 Å². The van der Waals surface area contributed by atoms with Crippen LogP contribution < -0.4 is 5.32 Å². The van der Waals surface area contributed by atoms with Gasteiger partial charge >= 0.3 is 0 Å². The monoisotopic (exact) mass is 467 g/mol. The molecule has 0 unspecified atom stereocenters. The number of para-hydroxylation sites is 1. The number of hydrogen-bond acceptors (Lipinski definition) is 4. The van der Waals surface area contributed by atoms with Crippen LogP contribution in [0.25, 0.3) is 10.9 Å². The van der Waals surface area contributed by atoms with Crippen molar-refractivity contribution >= 4 is 28.4 Å². The topological polar surface area (TPSA) is 80.1 Å². The molecule has 1 N–H and O–H groups in total. The van der Waals surface area contributed by atoms with Gasteiger partial charge in [0, 0.05) is 37.9 Å². The Hall–Kier alpha value is -4.00. The van der Waals surface area contributed by atoms with Crippen molar-refractivity contribution < 1.29 is 9.59 Å². The maximum atomic E-state index is 13.5. The molecule has 1 fully saturated rings. The molecule has 35 heavy (non-hydrogen) atoms. The first-order chi connectivity index (χ1) is 17.1. The standard InChI is InChI=1S/C28H29N5O2/c1-32-17-14-26(31-32)27(34)30-25-11-3-2-9-23(25)28(35)33-16-6-7-20(13-18-33)19-21-8-4-12-24-22(21)10-5-15-29-24/h2-5,8-12,14-15,17,20H,6-7,13,16,18-19H2,1H3,(H,30,34)/t20-/m1/s1. The highest BCUT2D eigenvalue weighted by atomic mass is 16.2. The van der Waals surface area contributed by atoms with Crippen molar-refractivity contribution in [3.63, 3.8) is 0 Å². The van der Waals surface area contributed by atoms with Gasteiger partial charge in [-0.1, -0.05) is 30.3 Å². The number of carbonyl (C=O) groups excluding carboxylic acids is 2. The Kier molecular flexibility index (Phi) is 6.57. The Labute approximate surface area is 204 Å². The number of nitrogens with zero attached hydrogens (tertiary/aromatic N) is 4. The molecule has 2 amide bonds. The predicted molar refractivity (Wildman–Crippen MR) is 136 cm³/mol. The van der Waals surface area contributed by atoms with Crippen molar-refractivity contribution in [2.24, 2.45) is 13.0 Å². The molecule has 1 atom stereocenters. The van der Waals surface area contributed by atoms with E-state index in [0.717, 1.165) is 37.7 Å². The second kappa shape index (κ2) is 10.1. The van der Waals surface area contributed by atoms with E-state index in [1.807, 2.05) is 29.3 Å². The van der Waals surface area contributed by atoms with E-state index in [2.05, 4.69) is 39.7 Å². The van der Waals surface area contributed by atoms with Crippen LogP contribution in [-0.4, -0.2) is 44.6 Å². The minimum atomic E-state index is -0.327. The van der Waals surface area contributed by atoms with E-state index in [4.69, 9.17) is 0 Å². The maximum absolute atomic E-state index is 13.5. The second-order valence-corrected chi connectivity index (χ2v) is 9.15. The Morgan fingerprint density at radius 1 is 1.00 bits per heavy atom. The lowest BCUT2D eigenvalue weighted by Gasteiger charge is -2.22. The number of rotatable bonds is 5. The van der Waals surface area contributed by atoms with Gasteiger partial charge < -0.3 is 10.2 Å². The third-order valence-electron chi connectivity index (χ3n) is 6.73. The Balaban J connectivity index is 1.27. The fourth-order valence-corrected chi connectivity index (χ4v) is 4.90. The molecular weight excluding hydrogens is 438 g/mol. The van der Waals surface area contributed by atoms with Crippen molar-refractivity contribution in [2.75, 3.05) is 18.4 Å². The van der Waals surface area contributed by atoms with Crippen LogP contribution in [0.1, 0.15) is 45.7 Å². The van der Waals surface area contributed by atoms with Crippen LogP contribution >= 0.6 is 0 Å². The summed E-state index contributed by atoms with van der Waals surface area (Å²) in [5, 5.41) is 8.23. The smallest absolute Gasteiger partial charge is 0.276 e. The van der Waals surface area contributed by atoms with E-state index in [0.29, 0.717) is 29.4 Å². The van der Waals surface area contributed by atoms with E-state index in [1.54, 1.807) is 36.1 Å². The van der Waals surface area contributed by atoms with E-state index < -0.39 is 0 Å². The van der Waals surface area contributed by atoms with Gasteiger partial charge in [-0.15, -0.1) is 0 Å². The average Bonchev–Trinajstić information content (AvgIpc) is 3.18. The number of aryl methyl sites for hydroxylation is 1. The average molecular weight is 468 g/mol.